The molecule has 0 saturated heterocycles. The number of anilines is 1. The molecule has 116 valence electrons. The molecular weight excluding hydrogens is 290 g/mol. The van der Waals surface area contributed by atoms with Gasteiger partial charge in [-0.1, -0.05) is 0 Å². The normalized spacial score (nSPS) is 9.57. The maximum atomic E-state index is 8.66. The highest BCUT2D eigenvalue weighted by Crippen LogP contribution is 2.18. The molecule has 2 rings (SSSR count). The quantitative estimate of drug-likeness (QED) is 0.828. The number of aromatic nitrogens is 2. The number of ether oxygens (including phenoxy) is 1. The second kappa shape index (κ2) is 7.67. The molecule has 0 bridgehead atoms. The van der Waals surface area contributed by atoms with Gasteiger partial charge in [0.05, 0.1) is 6.20 Å². The Balaban J connectivity index is 1.95. The number of nitrogens with zero attached hydrogens (tertiary/aromatic N) is 4. The van der Waals surface area contributed by atoms with Crippen molar-refractivity contribution in [2.75, 3.05) is 5.32 Å². The number of nitrogens with one attached hydrogen (secondary N) is 1. The molecule has 2 aromatic rings. The third-order valence-corrected chi connectivity index (χ3v) is 3.38. The first-order valence-corrected chi connectivity index (χ1v) is 7.19. The van der Waals surface area contributed by atoms with Gasteiger partial charge in [-0.2, -0.15) is 15.6 Å². The molecule has 0 amide bonds. The van der Waals surface area contributed by atoms with Crippen LogP contribution in [0, 0.1) is 29.6 Å². The zero-order valence-corrected chi connectivity index (χ0v) is 13.1. The smallest absolute Gasteiger partial charge is 0.145 e. The van der Waals surface area contributed by atoms with Crippen molar-refractivity contribution in [3.8, 4) is 17.9 Å². The summed E-state index contributed by atoms with van der Waals surface area (Å²) in [7, 11) is 0. The molecule has 0 aliphatic heterocycles. The molecule has 6 nitrogen and oxygen atoms in total. The molecule has 0 saturated carbocycles. The van der Waals surface area contributed by atoms with E-state index in [-0.39, 0.29) is 5.57 Å². The van der Waals surface area contributed by atoms with E-state index >= 15 is 0 Å². The molecule has 0 aliphatic carbocycles. The summed E-state index contributed by atoms with van der Waals surface area (Å²) in [4.78, 5) is 0. The van der Waals surface area contributed by atoms with Gasteiger partial charge in [0.15, 0.2) is 0 Å². The Kier molecular flexibility index (Phi) is 5.38. The van der Waals surface area contributed by atoms with Gasteiger partial charge in [0, 0.05) is 29.7 Å². The van der Waals surface area contributed by atoms with Gasteiger partial charge in [0.25, 0.3) is 0 Å². The van der Waals surface area contributed by atoms with Crippen molar-refractivity contribution in [2.45, 2.75) is 27.0 Å². The zero-order chi connectivity index (χ0) is 16.7. The van der Waals surface area contributed by atoms with E-state index in [2.05, 4.69) is 17.3 Å². The highest BCUT2D eigenvalue weighted by molar-refractivity contribution is 5.51. The first-order valence-electron chi connectivity index (χ1n) is 7.19. The number of hydrogen-bond acceptors (Lipinski definition) is 5. The van der Waals surface area contributed by atoms with Crippen LogP contribution in [0.1, 0.15) is 18.2 Å². The minimum Gasteiger partial charge on any atom is -0.489 e. The minimum absolute atomic E-state index is 0.0220. The number of aryl methyl sites for hydroxylation is 1. The van der Waals surface area contributed by atoms with Crippen molar-refractivity contribution in [3.63, 3.8) is 0 Å². The summed E-state index contributed by atoms with van der Waals surface area (Å²) in [6.45, 7) is 5.38. The van der Waals surface area contributed by atoms with E-state index in [1.807, 2.05) is 42.1 Å². The van der Waals surface area contributed by atoms with Gasteiger partial charge in [-0.25, -0.2) is 0 Å². The lowest BCUT2D eigenvalue weighted by Gasteiger charge is -2.07. The first-order chi connectivity index (χ1) is 11.2. The lowest BCUT2D eigenvalue weighted by atomic mass is 10.2. The van der Waals surface area contributed by atoms with Gasteiger partial charge < -0.3 is 10.1 Å². The topological polar surface area (TPSA) is 86.7 Å². The highest BCUT2D eigenvalue weighted by Gasteiger charge is 2.05. The molecule has 0 unspecified atom stereocenters. The molecule has 1 aromatic heterocycles. The Morgan fingerprint density at radius 1 is 1.30 bits per heavy atom. The van der Waals surface area contributed by atoms with Crippen molar-refractivity contribution < 1.29 is 4.74 Å². The van der Waals surface area contributed by atoms with Crippen LogP contribution < -0.4 is 10.1 Å². The number of rotatable bonds is 6. The molecule has 0 spiro atoms. The summed E-state index contributed by atoms with van der Waals surface area (Å²) in [5.41, 5.74) is 2.96. The predicted molar refractivity (Wildman–Crippen MR) is 86.3 cm³/mol. The maximum absolute atomic E-state index is 8.66. The SMILES string of the molecule is CCn1ncc(COc2ccc(NC=C(C#N)C#N)cc2)c1C. The molecule has 0 atom stereocenters. The third kappa shape index (κ3) is 4.12. The van der Waals surface area contributed by atoms with Crippen LogP contribution in [-0.2, 0) is 13.2 Å². The Morgan fingerprint density at radius 3 is 2.57 bits per heavy atom. The number of allylic oxidation sites excluding steroid dienone is 1. The van der Waals surface area contributed by atoms with E-state index in [1.165, 1.54) is 6.20 Å². The highest BCUT2D eigenvalue weighted by atomic mass is 16.5. The fourth-order valence-electron chi connectivity index (χ4n) is 2.00. The molecule has 1 N–H and O–H groups in total. The van der Waals surface area contributed by atoms with E-state index in [0.717, 1.165) is 29.2 Å². The van der Waals surface area contributed by atoms with Crippen molar-refractivity contribution in [2.24, 2.45) is 0 Å². The number of benzene rings is 1. The lowest BCUT2D eigenvalue weighted by molar-refractivity contribution is 0.305. The van der Waals surface area contributed by atoms with Crippen LogP contribution >= 0.6 is 0 Å². The summed E-state index contributed by atoms with van der Waals surface area (Å²) in [5, 5.41) is 24.5. The van der Waals surface area contributed by atoms with Crippen molar-refractivity contribution >= 4 is 5.69 Å². The van der Waals surface area contributed by atoms with Crippen molar-refractivity contribution in [1.82, 2.24) is 9.78 Å². The summed E-state index contributed by atoms with van der Waals surface area (Å²) in [6, 6.07) is 10.9. The molecular formula is C17H17N5O. The van der Waals surface area contributed by atoms with Crippen LogP contribution in [0.5, 0.6) is 5.75 Å². The van der Waals surface area contributed by atoms with Gasteiger partial charge in [0.2, 0.25) is 0 Å². The van der Waals surface area contributed by atoms with E-state index in [0.29, 0.717) is 6.61 Å². The van der Waals surface area contributed by atoms with Crippen LogP contribution in [-0.4, -0.2) is 9.78 Å². The third-order valence-electron chi connectivity index (χ3n) is 3.38. The minimum atomic E-state index is 0.0220. The zero-order valence-electron chi connectivity index (χ0n) is 13.1. The Bertz CT molecular complexity index is 759. The molecule has 6 heteroatoms. The molecule has 0 aliphatic rings. The van der Waals surface area contributed by atoms with Gasteiger partial charge in [-0.15, -0.1) is 0 Å². The largest absolute Gasteiger partial charge is 0.489 e. The van der Waals surface area contributed by atoms with Crippen LogP contribution in [0.4, 0.5) is 5.69 Å². The molecule has 1 heterocycles. The summed E-state index contributed by atoms with van der Waals surface area (Å²) < 4.78 is 7.68. The van der Waals surface area contributed by atoms with Crippen molar-refractivity contribution in [1.29, 1.82) is 10.5 Å². The van der Waals surface area contributed by atoms with Gasteiger partial charge in [-0.3, -0.25) is 4.68 Å². The predicted octanol–water partition coefficient (Wildman–Crippen LogP) is 3.13. The van der Waals surface area contributed by atoms with Crippen LogP contribution in [0.3, 0.4) is 0 Å². The summed E-state index contributed by atoms with van der Waals surface area (Å²) in [5.74, 6) is 0.740. The van der Waals surface area contributed by atoms with Crippen LogP contribution in [0.25, 0.3) is 0 Å². The maximum Gasteiger partial charge on any atom is 0.145 e. The van der Waals surface area contributed by atoms with Gasteiger partial charge >= 0.3 is 0 Å². The standard InChI is InChI=1S/C17H17N5O/c1-3-22-13(2)15(11-21-22)12-23-17-6-4-16(5-7-17)20-10-14(8-18)9-19/h4-7,10-11,20H,3,12H2,1-2H3. The fourth-order valence-corrected chi connectivity index (χ4v) is 2.00. The molecule has 0 fully saturated rings. The number of nitriles is 2. The van der Waals surface area contributed by atoms with Gasteiger partial charge in [0.1, 0.15) is 30.1 Å². The van der Waals surface area contributed by atoms with E-state index in [1.54, 1.807) is 12.1 Å². The number of hydrogen-bond donors (Lipinski definition) is 1. The monoisotopic (exact) mass is 307 g/mol. The van der Waals surface area contributed by atoms with E-state index in [4.69, 9.17) is 15.3 Å². The summed E-state index contributed by atoms with van der Waals surface area (Å²) >= 11 is 0. The average Bonchev–Trinajstić information content (AvgIpc) is 2.95. The second-order valence-corrected chi connectivity index (χ2v) is 4.81. The Morgan fingerprint density at radius 2 is 2.00 bits per heavy atom. The second-order valence-electron chi connectivity index (χ2n) is 4.81. The first kappa shape index (κ1) is 16.1. The van der Waals surface area contributed by atoms with Crippen molar-refractivity contribution in [3.05, 3.63) is 53.5 Å². The van der Waals surface area contributed by atoms with Gasteiger partial charge in [-0.05, 0) is 38.1 Å². The van der Waals surface area contributed by atoms with Crippen LogP contribution in [0.15, 0.2) is 42.2 Å². The average molecular weight is 307 g/mol. The molecule has 1 aromatic carbocycles. The summed E-state index contributed by atoms with van der Waals surface area (Å²) in [6.07, 6.45) is 3.20. The lowest BCUT2D eigenvalue weighted by Crippen LogP contribution is -2.01. The van der Waals surface area contributed by atoms with E-state index < -0.39 is 0 Å². The Labute approximate surface area is 135 Å². The molecule has 23 heavy (non-hydrogen) atoms. The molecule has 0 radical (unpaired) electrons. The Hall–Kier alpha value is -3.25. The van der Waals surface area contributed by atoms with E-state index in [9.17, 15) is 0 Å². The van der Waals surface area contributed by atoms with Crippen LogP contribution in [0.2, 0.25) is 0 Å². The fraction of sp³-hybridized carbons (Fsp3) is 0.235.